The summed E-state index contributed by atoms with van der Waals surface area (Å²) in [4.78, 5) is 44.5. The van der Waals surface area contributed by atoms with Crippen molar-refractivity contribution in [1.82, 2.24) is 24.4 Å². The predicted molar refractivity (Wildman–Crippen MR) is 177 cm³/mol. The highest BCUT2D eigenvalue weighted by Gasteiger charge is 2.33. The molecule has 1 aliphatic rings. The summed E-state index contributed by atoms with van der Waals surface area (Å²) in [7, 11) is 0. The number of carbonyl (C=O) groups excluding carboxylic acids is 1. The number of halogens is 3. The lowest BCUT2D eigenvalue weighted by molar-refractivity contribution is 0.0218. The molecule has 0 spiro atoms. The van der Waals surface area contributed by atoms with Gasteiger partial charge in [0.2, 0.25) is 0 Å². The SMILES string of the molecule is Cc1ccnc(C(C)C)c1-n1c(=O)nc(N2CCN(C(=O)OC(C)(C)C)C[C@@H]2C)c2cc(Cl)c(-c3c(F)c(F)cc4ccoc34)nc21. The fourth-order valence-corrected chi connectivity index (χ4v) is 6.26. The first-order chi connectivity index (χ1) is 22.2. The molecule has 1 saturated heterocycles. The molecule has 0 unspecified atom stereocenters. The van der Waals surface area contributed by atoms with E-state index in [9.17, 15) is 14.0 Å². The van der Waals surface area contributed by atoms with Crippen molar-refractivity contribution in [1.29, 1.82) is 0 Å². The largest absolute Gasteiger partial charge is 0.464 e. The van der Waals surface area contributed by atoms with E-state index in [-0.39, 0.29) is 39.5 Å². The van der Waals surface area contributed by atoms with E-state index in [4.69, 9.17) is 25.7 Å². The molecule has 4 aromatic heterocycles. The topological polar surface area (TPSA) is 107 Å². The molecule has 10 nitrogen and oxygen atoms in total. The van der Waals surface area contributed by atoms with Crippen molar-refractivity contribution in [2.45, 2.75) is 66.0 Å². The minimum atomic E-state index is -1.18. The van der Waals surface area contributed by atoms with Gasteiger partial charge in [0.25, 0.3) is 0 Å². The minimum Gasteiger partial charge on any atom is -0.464 e. The molecule has 5 heterocycles. The third kappa shape index (κ3) is 5.79. The molecule has 47 heavy (non-hydrogen) atoms. The van der Waals surface area contributed by atoms with Crippen molar-refractivity contribution < 1.29 is 22.7 Å². The van der Waals surface area contributed by atoms with Crippen LogP contribution in [-0.2, 0) is 4.74 Å². The maximum absolute atomic E-state index is 15.6. The number of furan rings is 1. The number of rotatable bonds is 4. The first kappa shape index (κ1) is 32.4. The van der Waals surface area contributed by atoms with Crippen LogP contribution in [-0.4, -0.2) is 61.8 Å². The van der Waals surface area contributed by atoms with Gasteiger partial charge >= 0.3 is 11.8 Å². The van der Waals surface area contributed by atoms with E-state index in [0.717, 1.165) is 11.6 Å². The molecule has 6 rings (SSSR count). The van der Waals surface area contributed by atoms with Crippen LogP contribution in [0, 0.1) is 18.6 Å². The van der Waals surface area contributed by atoms with E-state index in [1.165, 1.54) is 16.9 Å². The Morgan fingerprint density at radius 1 is 1.15 bits per heavy atom. The number of aryl methyl sites for hydroxylation is 1. The highest BCUT2D eigenvalue weighted by atomic mass is 35.5. The smallest absolute Gasteiger partial charge is 0.410 e. The van der Waals surface area contributed by atoms with Gasteiger partial charge in [-0.15, -0.1) is 0 Å². The van der Waals surface area contributed by atoms with Gasteiger partial charge in [0.05, 0.1) is 39.3 Å². The van der Waals surface area contributed by atoms with Crippen LogP contribution in [0.1, 0.15) is 58.7 Å². The van der Waals surface area contributed by atoms with E-state index in [1.54, 1.807) is 23.2 Å². The van der Waals surface area contributed by atoms with Crippen LogP contribution in [0.3, 0.4) is 0 Å². The molecule has 0 saturated carbocycles. The van der Waals surface area contributed by atoms with Gasteiger partial charge < -0.3 is 19.0 Å². The molecule has 0 radical (unpaired) electrons. The summed E-state index contributed by atoms with van der Waals surface area (Å²) < 4.78 is 42.9. The van der Waals surface area contributed by atoms with Crippen LogP contribution in [0.4, 0.5) is 19.4 Å². The highest BCUT2D eigenvalue weighted by molar-refractivity contribution is 6.34. The summed E-state index contributed by atoms with van der Waals surface area (Å²) in [6.45, 7) is 14.1. The Labute approximate surface area is 274 Å². The number of amides is 1. The maximum Gasteiger partial charge on any atom is 0.410 e. The van der Waals surface area contributed by atoms with Gasteiger partial charge in [-0.25, -0.2) is 27.9 Å². The standard InChI is InChI=1S/C34H35ClF2N6O4/c1-17(2)26-28(18(3)8-10-38-26)43-31-21(15-22(35)27(39-31)24-25(37)23(36)14-20-9-13-46-29(20)24)30(40-32(43)44)42-12-11-41(16-19(42)4)33(45)47-34(5,6)7/h8-10,13-15,17,19H,11-12,16H2,1-7H3/t19-/m0/s1. The molecule has 1 amide bonds. The molecular formula is C34H35ClF2N6O4. The van der Waals surface area contributed by atoms with Gasteiger partial charge in [0.1, 0.15) is 17.0 Å². The highest BCUT2D eigenvalue weighted by Crippen LogP contribution is 2.40. The lowest BCUT2D eigenvalue weighted by Gasteiger charge is -2.41. The minimum absolute atomic E-state index is 0.0000142. The van der Waals surface area contributed by atoms with Gasteiger partial charge in [-0.3, -0.25) is 4.98 Å². The van der Waals surface area contributed by atoms with Crippen LogP contribution in [0.25, 0.3) is 38.9 Å². The zero-order valence-corrected chi connectivity index (χ0v) is 27.9. The molecule has 5 aromatic rings. The number of pyridine rings is 2. The summed E-state index contributed by atoms with van der Waals surface area (Å²) in [5.41, 5.74) is 0.393. The third-order valence-corrected chi connectivity index (χ3v) is 8.44. The number of fused-ring (bicyclic) bond motifs is 2. The molecule has 1 aliphatic heterocycles. The zero-order chi connectivity index (χ0) is 33.9. The first-order valence-corrected chi connectivity index (χ1v) is 15.7. The van der Waals surface area contributed by atoms with Crippen LogP contribution in [0.2, 0.25) is 5.02 Å². The van der Waals surface area contributed by atoms with Gasteiger partial charge in [0.15, 0.2) is 17.3 Å². The summed E-state index contributed by atoms with van der Waals surface area (Å²) in [6, 6.07) is 5.61. The van der Waals surface area contributed by atoms with Gasteiger partial charge in [-0.05, 0) is 70.4 Å². The predicted octanol–water partition coefficient (Wildman–Crippen LogP) is 7.40. The van der Waals surface area contributed by atoms with E-state index < -0.39 is 29.0 Å². The molecule has 246 valence electrons. The zero-order valence-electron chi connectivity index (χ0n) is 27.2. The fraction of sp³-hybridized carbons (Fsp3) is 0.382. The number of carbonyl (C=O) groups is 1. The average Bonchev–Trinajstić information content (AvgIpc) is 3.45. The van der Waals surface area contributed by atoms with Crippen LogP contribution in [0.15, 0.2) is 45.9 Å². The van der Waals surface area contributed by atoms with Crippen molar-refractivity contribution >= 4 is 45.5 Å². The number of piperazine rings is 1. The van der Waals surface area contributed by atoms with Crippen LogP contribution < -0.4 is 10.6 Å². The Balaban J connectivity index is 1.60. The number of ether oxygens (including phenoxy) is 1. The summed E-state index contributed by atoms with van der Waals surface area (Å²) in [5, 5.41) is 0.730. The van der Waals surface area contributed by atoms with Gasteiger partial charge in [-0.1, -0.05) is 25.4 Å². The molecule has 1 atom stereocenters. The molecular weight excluding hydrogens is 630 g/mol. The van der Waals surface area contributed by atoms with Crippen molar-refractivity contribution in [2.24, 2.45) is 0 Å². The number of anilines is 1. The lowest BCUT2D eigenvalue weighted by atomic mass is 10.0. The fourth-order valence-electron chi connectivity index (χ4n) is 6.02. The van der Waals surface area contributed by atoms with Crippen molar-refractivity contribution in [3.8, 4) is 16.9 Å². The number of hydrogen-bond donors (Lipinski definition) is 0. The van der Waals surface area contributed by atoms with E-state index in [1.807, 2.05) is 53.4 Å². The van der Waals surface area contributed by atoms with E-state index in [0.29, 0.717) is 47.6 Å². The Morgan fingerprint density at radius 3 is 2.57 bits per heavy atom. The van der Waals surface area contributed by atoms with Crippen LogP contribution >= 0.6 is 11.6 Å². The molecule has 0 N–H and O–H groups in total. The second-order valence-electron chi connectivity index (χ2n) is 13.1. The van der Waals surface area contributed by atoms with Gasteiger partial charge in [0, 0.05) is 37.3 Å². The number of nitrogens with zero attached hydrogens (tertiary/aromatic N) is 6. The maximum atomic E-state index is 15.6. The molecule has 0 aliphatic carbocycles. The monoisotopic (exact) mass is 664 g/mol. The van der Waals surface area contributed by atoms with Gasteiger partial charge in [-0.2, -0.15) is 4.98 Å². The Kier molecular flexibility index (Phi) is 8.19. The summed E-state index contributed by atoms with van der Waals surface area (Å²) in [6.07, 6.45) is 2.56. The Hall–Kier alpha value is -4.58. The van der Waals surface area contributed by atoms with Crippen molar-refractivity contribution in [3.63, 3.8) is 0 Å². The second kappa shape index (κ2) is 11.9. The molecule has 0 bridgehead atoms. The normalized spacial score (nSPS) is 15.7. The number of benzene rings is 1. The second-order valence-corrected chi connectivity index (χ2v) is 13.5. The first-order valence-electron chi connectivity index (χ1n) is 15.4. The summed E-state index contributed by atoms with van der Waals surface area (Å²) >= 11 is 6.85. The molecule has 13 heteroatoms. The molecule has 1 aromatic carbocycles. The van der Waals surface area contributed by atoms with Crippen molar-refractivity contribution in [3.05, 3.63) is 75.1 Å². The molecule has 1 fully saturated rings. The van der Waals surface area contributed by atoms with E-state index >= 15 is 4.39 Å². The summed E-state index contributed by atoms with van der Waals surface area (Å²) in [5.74, 6) is -2.06. The Morgan fingerprint density at radius 2 is 1.89 bits per heavy atom. The Bertz CT molecular complexity index is 2110. The third-order valence-electron chi connectivity index (χ3n) is 8.15. The average molecular weight is 665 g/mol. The quantitative estimate of drug-likeness (QED) is 0.196. The van der Waals surface area contributed by atoms with Crippen LogP contribution in [0.5, 0.6) is 0 Å². The number of hydrogen-bond acceptors (Lipinski definition) is 8. The van der Waals surface area contributed by atoms with Crippen molar-refractivity contribution in [2.75, 3.05) is 24.5 Å². The van der Waals surface area contributed by atoms with E-state index in [2.05, 4.69) is 9.97 Å². The lowest BCUT2D eigenvalue weighted by Crippen LogP contribution is -2.55. The number of aromatic nitrogens is 4.